The lowest BCUT2D eigenvalue weighted by molar-refractivity contribution is 0.414. The van der Waals surface area contributed by atoms with Crippen LogP contribution in [0.5, 0.6) is 5.75 Å². The standard InChI is InChI=1S/C18H22BrNO/c1-3-4-10-18(14-8-6-5-7-9-14)20-16-11-15(19)12-17(13-16)21-2/h5-9,11-13,18,20H,3-4,10H2,1-2H3. The molecular formula is C18H22BrNO. The average molecular weight is 348 g/mol. The molecule has 21 heavy (non-hydrogen) atoms. The summed E-state index contributed by atoms with van der Waals surface area (Å²) in [6.07, 6.45) is 3.53. The Labute approximate surface area is 135 Å². The zero-order chi connectivity index (χ0) is 15.1. The largest absolute Gasteiger partial charge is 0.497 e. The molecule has 1 atom stereocenters. The fourth-order valence-electron chi connectivity index (χ4n) is 2.38. The molecule has 0 aliphatic carbocycles. The molecular weight excluding hydrogens is 326 g/mol. The van der Waals surface area contributed by atoms with Gasteiger partial charge in [0.15, 0.2) is 0 Å². The van der Waals surface area contributed by atoms with E-state index in [1.165, 1.54) is 18.4 Å². The van der Waals surface area contributed by atoms with Gasteiger partial charge in [-0.3, -0.25) is 0 Å². The predicted molar refractivity (Wildman–Crippen MR) is 93.0 cm³/mol. The number of methoxy groups -OCH3 is 1. The number of hydrogen-bond donors (Lipinski definition) is 1. The van der Waals surface area contributed by atoms with Gasteiger partial charge in [-0.05, 0) is 24.1 Å². The van der Waals surface area contributed by atoms with Crippen LogP contribution in [0.3, 0.4) is 0 Å². The highest BCUT2D eigenvalue weighted by Gasteiger charge is 2.11. The summed E-state index contributed by atoms with van der Waals surface area (Å²) in [6, 6.07) is 17.0. The summed E-state index contributed by atoms with van der Waals surface area (Å²) in [5.74, 6) is 0.856. The highest BCUT2D eigenvalue weighted by Crippen LogP contribution is 2.29. The van der Waals surface area contributed by atoms with Crippen molar-refractivity contribution in [2.75, 3.05) is 12.4 Å². The number of halogens is 1. The van der Waals surface area contributed by atoms with Gasteiger partial charge in [0.25, 0.3) is 0 Å². The summed E-state index contributed by atoms with van der Waals surface area (Å²) in [5.41, 5.74) is 2.40. The van der Waals surface area contributed by atoms with Crippen LogP contribution in [0, 0.1) is 0 Å². The minimum atomic E-state index is 0.324. The number of anilines is 1. The van der Waals surface area contributed by atoms with Crippen molar-refractivity contribution in [3.63, 3.8) is 0 Å². The van der Waals surface area contributed by atoms with Crippen LogP contribution in [0.15, 0.2) is 53.0 Å². The van der Waals surface area contributed by atoms with Crippen molar-refractivity contribution in [2.45, 2.75) is 32.2 Å². The maximum atomic E-state index is 5.33. The molecule has 112 valence electrons. The molecule has 2 rings (SSSR count). The van der Waals surface area contributed by atoms with Crippen molar-refractivity contribution in [2.24, 2.45) is 0 Å². The number of hydrogen-bond acceptors (Lipinski definition) is 2. The molecule has 1 N–H and O–H groups in total. The van der Waals surface area contributed by atoms with Gasteiger partial charge in [0.1, 0.15) is 5.75 Å². The van der Waals surface area contributed by atoms with Crippen molar-refractivity contribution in [1.29, 1.82) is 0 Å². The number of nitrogens with one attached hydrogen (secondary N) is 1. The Morgan fingerprint density at radius 1 is 1.14 bits per heavy atom. The molecule has 3 heteroatoms. The van der Waals surface area contributed by atoms with E-state index in [1.807, 2.05) is 12.1 Å². The lowest BCUT2D eigenvalue weighted by atomic mass is 10.0. The van der Waals surface area contributed by atoms with Gasteiger partial charge >= 0.3 is 0 Å². The first-order valence-electron chi connectivity index (χ1n) is 7.39. The van der Waals surface area contributed by atoms with Gasteiger partial charge in [-0.1, -0.05) is 66.0 Å². The van der Waals surface area contributed by atoms with E-state index in [1.54, 1.807) is 7.11 Å². The summed E-state index contributed by atoms with van der Waals surface area (Å²) in [6.45, 7) is 2.23. The van der Waals surface area contributed by atoms with E-state index in [2.05, 4.69) is 64.6 Å². The number of benzene rings is 2. The van der Waals surface area contributed by atoms with Crippen molar-refractivity contribution in [1.82, 2.24) is 0 Å². The van der Waals surface area contributed by atoms with E-state index in [9.17, 15) is 0 Å². The SMILES string of the molecule is CCCCC(Nc1cc(Br)cc(OC)c1)c1ccccc1. The highest BCUT2D eigenvalue weighted by atomic mass is 79.9. The van der Waals surface area contributed by atoms with Crippen LogP contribution in [-0.2, 0) is 0 Å². The maximum absolute atomic E-state index is 5.33. The Hall–Kier alpha value is -1.48. The Morgan fingerprint density at radius 3 is 2.57 bits per heavy atom. The maximum Gasteiger partial charge on any atom is 0.122 e. The molecule has 0 saturated carbocycles. The minimum absolute atomic E-state index is 0.324. The van der Waals surface area contributed by atoms with Crippen molar-refractivity contribution in [3.8, 4) is 5.75 Å². The zero-order valence-electron chi connectivity index (χ0n) is 12.6. The zero-order valence-corrected chi connectivity index (χ0v) is 14.2. The number of ether oxygens (including phenoxy) is 1. The lowest BCUT2D eigenvalue weighted by Crippen LogP contribution is -2.10. The monoisotopic (exact) mass is 347 g/mol. The van der Waals surface area contributed by atoms with Gasteiger partial charge in [-0.2, -0.15) is 0 Å². The van der Waals surface area contributed by atoms with Crippen LogP contribution in [0.25, 0.3) is 0 Å². The third-order valence-electron chi connectivity index (χ3n) is 3.50. The van der Waals surface area contributed by atoms with Crippen LogP contribution in [-0.4, -0.2) is 7.11 Å². The topological polar surface area (TPSA) is 21.3 Å². The first-order valence-corrected chi connectivity index (χ1v) is 8.18. The molecule has 2 aromatic carbocycles. The van der Waals surface area contributed by atoms with E-state index in [4.69, 9.17) is 4.74 Å². The molecule has 0 spiro atoms. The fraction of sp³-hybridized carbons (Fsp3) is 0.333. The van der Waals surface area contributed by atoms with E-state index in [-0.39, 0.29) is 0 Å². The molecule has 0 heterocycles. The smallest absolute Gasteiger partial charge is 0.122 e. The lowest BCUT2D eigenvalue weighted by Gasteiger charge is -2.21. The summed E-state index contributed by atoms with van der Waals surface area (Å²) in [4.78, 5) is 0. The molecule has 0 aliphatic heterocycles. The minimum Gasteiger partial charge on any atom is -0.497 e. The molecule has 0 fully saturated rings. The molecule has 2 nitrogen and oxygen atoms in total. The van der Waals surface area contributed by atoms with Crippen molar-refractivity contribution >= 4 is 21.6 Å². The van der Waals surface area contributed by atoms with Crippen LogP contribution >= 0.6 is 15.9 Å². The van der Waals surface area contributed by atoms with E-state index >= 15 is 0 Å². The molecule has 1 unspecified atom stereocenters. The number of unbranched alkanes of at least 4 members (excludes halogenated alkanes) is 1. The van der Waals surface area contributed by atoms with Crippen LogP contribution in [0.2, 0.25) is 0 Å². The summed E-state index contributed by atoms with van der Waals surface area (Å²) >= 11 is 3.53. The second kappa shape index (κ2) is 8.08. The molecule has 0 aliphatic rings. The first-order chi connectivity index (χ1) is 10.2. The molecule has 0 saturated heterocycles. The molecule has 2 aromatic rings. The second-order valence-electron chi connectivity index (χ2n) is 5.13. The van der Waals surface area contributed by atoms with Gasteiger partial charge in [-0.15, -0.1) is 0 Å². The Bertz CT molecular complexity index is 556. The van der Waals surface area contributed by atoms with Crippen molar-refractivity contribution < 1.29 is 4.74 Å². The summed E-state index contributed by atoms with van der Waals surface area (Å²) in [7, 11) is 1.69. The Kier molecular flexibility index (Phi) is 6.12. The quantitative estimate of drug-likeness (QED) is 0.683. The summed E-state index contributed by atoms with van der Waals surface area (Å²) < 4.78 is 6.35. The third kappa shape index (κ3) is 4.78. The number of rotatable bonds is 7. The van der Waals surface area contributed by atoms with E-state index < -0.39 is 0 Å². The van der Waals surface area contributed by atoms with Gasteiger partial charge < -0.3 is 10.1 Å². The van der Waals surface area contributed by atoms with Gasteiger partial charge in [-0.25, -0.2) is 0 Å². The second-order valence-corrected chi connectivity index (χ2v) is 6.05. The van der Waals surface area contributed by atoms with Crippen LogP contribution < -0.4 is 10.1 Å². The third-order valence-corrected chi connectivity index (χ3v) is 3.95. The predicted octanol–water partition coefficient (Wildman–Crippen LogP) is 5.80. The molecule has 0 radical (unpaired) electrons. The normalized spacial score (nSPS) is 12.0. The summed E-state index contributed by atoms with van der Waals surface area (Å²) in [5, 5.41) is 3.64. The van der Waals surface area contributed by atoms with Gasteiger partial charge in [0.05, 0.1) is 13.2 Å². The molecule has 0 aromatic heterocycles. The van der Waals surface area contributed by atoms with Crippen LogP contribution in [0.1, 0.15) is 37.8 Å². The van der Waals surface area contributed by atoms with Crippen molar-refractivity contribution in [3.05, 3.63) is 58.6 Å². The molecule has 0 bridgehead atoms. The first kappa shape index (κ1) is 15.9. The fourth-order valence-corrected chi connectivity index (χ4v) is 2.85. The highest BCUT2D eigenvalue weighted by molar-refractivity contribution is 9.10. The van der Waals surface area contributed by atoms with E-state index in [0.29, 0.717) is 6.04 Å². The van der Waals surface area contributed by atoms with Crippen LogP contribution in [0.4, 0.5) is 5.69 Å². The van der Waals surface area contributed by atoms with Gasteiger partial charge in [0, 0.05) is 16.2 Å². The Balaban J connectivity index is 2.20. The van der Waals surface area contributed by atoms with E-state index in [0.717, 1.165) is 22.3 Å². The van der Waals surface area contributed by atoms with Gasteiger partial charge in [0.2, 0.25) is 0 Å². The Morgan fingerprint density at radius 2 is 1.90 bits per heavy atom. The molecule has 0 amide bonds. The average Bonchev–Trinajstić information content (AvgIpc) is 2.51.